The maximum absolute atomic E-state index is 9.45. The van der Waals surface area contributed by atoms with Gasteiger partial charge in [0.1, 0.15) is 0 Å². The summed E-state index contributed by atoms with van der Waals surface area (Å²) in [7, 11) is 0. The number of aromatic hydroxyl groups is 3. The van der Waals surface area contributed by atoms with Gasteiger partial charge in [-0.25, -0.2) is 0 Å². The Kier molecular flexibility index (Phi) is 1.89. The van der Waals surface area contributed by atoms with Crippen LogP contribution in [0.5, 0.6) is 23.0 Å². The third-order valence-electron chi connectivity index (χ3n) is 2.31. The molecule has 0 aliphatic carbocycles. The Hall–Kier alpha value is -1.62. The smallest absolute Gasteiger partial charge is 0.204 e. The molecule has 2 rings (SSSR count). The molecule has 0 radical (unpaired) electrons. The molecule has 0 aromatic heterocycles. The summed E-state index contributed by atoms with van der Waals surface area (Å²) in [5.74, 6) is -1.24. The number of nitrogens with two attached hydrogens (primary N) is 1. The highest BCUT2D eigenvalue weighted by Crippen LogP contribution is 2.48. The van der Waals surface area contributed by atoms with Crippen molar-refractivity contribution in [2.75, 3.05) is 6.61 Å². The number of hydrogen-bond donors (Lipinski definition) is 4. The Balaban J connectivity index is 2.63. The lowest BCUT2D eigenvalue weighted by Gasteiger charge is -2.24. The van der Waals surface area contributed by atoms with Crippen molar-refractivity contribution in [2.24, 2.45) is 5.73 Å². The van der Waals surface area contributed by atoms with Crippen LogP contribution in [0.25, 0.3) is 0 Å². The zero-order valence-corrected chi connectivity index (χ0v) is 7.40. The predicted octanol–water partition coefficient (Wildman–Crippen LogP) is 0.586. The third-order valence-corrected chi connectivity index (χ3v) is 2.31. The van der Waals surface area contributed by atoms with Gasteiger partial charge >= 0.3 is 0 Å². The largest absolute Gasteiger partial charge is 0.504 e. The Bertz CT molecular complexity index is 378. The summed E-state index contributed by atoms with van der Waals surface area (Å²) in [5, 5.41) is 27.9. The molecule has 1 aliphatic heterocycles. The number of rotatable bonds is 0. The first kappa shape index (κ1) is 8.96. The lowest BCUT2D eigenvalue weighted by molar-refractivity contribution is 0.248. The van der Waals surface area contributed by atoms with E-state index < -0.39 is 11.5 Å². The van der Waals surface area contributed by atoms with Gasteiger partial charge in [-0.2, -0.15) is 0 Å². The van der Waals surface area contributed by atoms with E-state index in [1.54, 1.807) is 0 Å². The van der Waals surface area contributed by atoms with E-state index in [1.807, 2.05) is 0 Å². The summed E-state index contributed by atoms with van der Waals surface area (Å²) in [6, 6.07) is 1.03. The van der Waals surface area contributed by atoms with Crippen molar-refractivity contribution in [3.8, 4) is 23.0 Å². The van der Waals surface area contributed by atoms with Crippen LogP contribution in [0.2, 0.25) is 0 Å². The molecule has 0 amide bonds. The summed E-state index contributed by atoms with van der Waals surface area (Å²) >= 11 is 0. The second-order valence-electron chi connectivity index (χ2n) is 3.25. The van der Waals surface area contributed by atoms with Crippen LogP contribution in [0, 0.1) is 0 Å². The van der Waals surface area contributed by atoms with Crippen molar-refractivity contribution in [3.05, 3.63) is 11.6 Å². The Morgan fingerprint density at radius 1 is 1.29 bits per heavy atom. The highest BCUT2D eigenvalue weighted by atomic mass is 16.5. The highest BCUT2D eigenvalue weighted by Gasteiger charge is 2.25. The third kappa shape index (κ3) is 1.13. The van der Waals surface area contributed by atoms with E-state index in [0.29, 0.717) is 18.6 Å². The van der Waals surface area contributed by atoms with Crippen molar-refractivity contribution in [3.63, 3.8) is 0 Å². The first-order chi connectivity index (χ1) is 6.61. The fourth-order valence-electron chi connectivity index (χ4n) is 1.52. The number of phenolic OH excluding ortho intramolecular Hbond substituents is 3. The summed E-state index contributed by atoms with van der Waals surface area (Å²) in [6.45, 7) is 0.395. The first-order valence-electron chi connectivity index (χ1n) is 4.27. The van der Waals surface area contributed by atoms with Crippen LogP contribution in [-0.2, 0) is 0 Å². The molecule has 1 aromatic carbocycles. The van der Waals surface area contributed by atoms with E-state index in [1.165, 1.54) is 6.07 Å². The zero-order valence-electron chi connectivity index (χ0n) is 7.40. The van der Waals surface area contributed by atoms with Crippen LogP contribution in [0.4, 0.5) is 0 Å². The lowest BCUT2D eigenvalue weighted by Crippen LogP contribution is -2.20. The van der Waals surface area contributed by atoms with Crippen LogP contribution >= 0.6 is 0 Å². The minimum Gasteiger partial charge on any atom is -0.504 e. The molecule has 1 heterocycles. The summed E-state index contributed by atoms with van der Waals surface area (Å²) in [6.07, 6.45) is 0.622. The Morgan fingerprint density at radius 2 is 2.00 bits per heavy atom. The molecule has 0 spiro atoms. The average Bonchev–Trinajstić information content (AvgIpc) is 2.17. The molecule has 0 bridgehead atoms. The van der Waals surface area contributed by atoms with Crippen LogP contribution in [-0.4, -0.2) is 21.9 Å². The van der Waals surface area contributed by atoms with Crippen LogP contribution in [0.1, 0.15) is 18.0 Å². The van der Waals surface area contributed by atoms with E-state index in [0.717, 1.165) is 0 Å². The molecule has 0 fully saturated rings. The van der Waals surface area contributed by atoms with Crippen molar-refractivity contribution in [1.82, 2.24) is 0 Å². The van der Waals surface area contributed by atoms with E-state index in [-0.39, 0.29) is 17.5 Å². The van der Waals surface area contributed by atoms with E-state index in [2.05, 4.69) is 0 Å². The fourth-order valence-corrected chi connectivity index (χ4v) is 1.52. The second kappa shape index (κ2) is 2.95. The molecular weight excluding hydrogens is 186 g/mol. The molecule has 5 heteroatoms. The van der Waals surface area contributed by atoms with Gasteiger partial charge in [0.25, 0.3) is 0 Å². The molecule has 1 aromatic rings. The van der Waals surface area contributed by atoms with Crippen LogP contribution in [0.15, 0.2) is 6.07 Å². The normalized spacial score (nSPS) is 19.9. The molecule has 76 valence electrons. The second-order valence-corrected chi connectivity index (χ2v) is 3.25. The summed E-state index contributed by atoms with van der Waals surface area (Å²) in [4.78, 5) is 0. The first-order valence-corrected chi connectivity index (χ1v) is 4.27. The SMILES string of the molecule is N[C@H]1CCOc2c1cc(O)c(O)c2O. The predicted molar refractivity (Wildman–Crippen MR) is 48.5 cm³/mol. The number of ether oxygens (including phenoxy) is 1. The van der Waals surface area contributed by atoms with Gasteiger partial charge < -0.3 is 25.8 Å². The van der Waals surface area contributed by atoms with Crippen LogP contribution in [0.3, 0.4) is 0 Å². The summed E-state index contributed by atoms with van der Waals surface area (Å²) in [5.41, 5.74) is 6.27. The van der Waals surface area contributed by atoms with Gasteiger partial charge in [-0.05, 0) is 6.07 Å². The molecular formula is C9H11NO4. The molecule has 5 N–H and O–H groups in total. The van der Waals surface area contributed by atoms with E-state index >= 15 is 0 Å². The highest BCUT2D eigenvalue weighted by molar-refractivity contribution is 5.61. The lowest BCUT2D eigenvalue weighted by atomic mass is 10.00. The zero-order chi connectivity index (χ0) is 10.3. The quantitative estimate of drug-likeness (QED) is 0.456. The van der Waals surface area contributed by atoms with Crippen molar-refractivity contribution in [1.29, 1.82) is 0 Å². The Labute approximate surface area is 80.4 Å². The van der Waals surface area contributed by atoms with E-state index in [9.17, 15) is 15.3 Å². The Morgan fingerprint density at radius 3 is 2.71 bits per heavy atom. The molecule has 0 saturated heterocycles. The average molecular weight is 197 g/mol. The maximum Gasteiger partial charge on any atom is 0.204 e. The number of benzene rings is 1. The molecule has 1 aliphatic rings. The molecule has 0 saturated carbocycles. The minimum atomic E-state index is -0.571. The maximum atomic E-state index is 9.45. The molecule has 5 nitrogen and oxygen atoms in total. The van der Waals surface area contributed by atoms with Gasteiger partial charge in [0, 0.05) is 18.0 Å². The molecule has 1 atom stereocenters. The topological polar surface area (TPSA) is 95.9 Å². The van der Waals surface area contributed by atoms with Crippen molar-refractivity contribution >= 4 is 0 Å². The van der Waals surface area contributed by atoms with Gasteiger partial charge in [-0.1, -0.05) is 0 Å². The van der Waals surface area contributed by atoms with Gasteiger partial charge in [0.05, 0.1) is 6.61 Å². The number of fused-ring (bicyclic) bond motifs is 1. The van der Waals surface area contributed by atoms with Gasteiger partial charge in [0.2, 0.25) is 11.5 Å². The minimum absolute atomic E-state index is 0.166. The van der Waals surface area contributed by atoms with E-state index in [4.69, 9.17) is 10.5 Å². The number of phenols is 3. The van der Waals surface area contributed by atoms with Gasteiger partial charge in [0.15, 0.2) is 11.5 Å². The van der Waals surface area contributed by atoms with Gasteiger partial charge in [-0.15, -0.1) is 0 Å². The number of hydrogen-bond acceptors (Lipinski definition) is 5. The monoisotopic (exact) mass is 197 g/mol. The van der Waals surface area contributed by atoms with Crippen molar-refractivity contribution < 1.29 is 20.1 Å². The molecule has 14 heavy (non-hydrogen) atoms. The molecule has 0 unspecified atom stereocenters. The van der Waals surface area contributed by atoms with Crippen LogP contribution < -0.4 is 10.5 Å². The fraction of sp³-hybridized carbons (Fsp3) is 0.333. The standard InChI is InChI=1S/C9H11NO4/c10-5-1-2-14-9-4(5)3-6(11)7(12)8(9)13/h3,5,11-13H,1-2,10H2/t5-/m0/s1. The summed E-state index contributed by atoms with van der Waals surface area (Å²) < 4.78 is 5.16. The van der Waals surface area contributed by atoms with Gasteiger partial charge in [-0.3, -0.25) is 0 Å². The van der Waals surface area contributed by atoms with Crippen molar-refractivity contribution in [2.45, 2.75) is 12.5 Å².